The number of carbonyl (C=O) groups excluding carboxylic acids is 1. The van der Waals surface area contributed by atoms with Crippen LogP contribution >= 0.6 is 0 Å². The van der Waals surface area contributed by atoms with Crippen LogP contribution in [0.15, 0.2) is 52.6 Å². The van der Waals surface area contributed by atoms with Crippen LogP contribution in [-0.4, -0.2) is 37.8 Å². The van der Waals surface area contributed by atoms with E-state index in [-0.39, 0.29) is 25.4 Å². The molecule has 1 aliphatic carbocycles. The van der Waals surface area contributed by atoms with Crippen molar-refractivity contribution in [2.45, 2.75) is 40.0 Å². The van der Waals surface area contributed by atoms with Crippen molar-refractivity contribution in [1.29, 1.82) is 0 Å². The van der Waals surface area contributed by atoms with Crippen LogP contribution in [0.5, 0.6) is 0 Å². The van der Waals surface area contributed by atoms with Gasteiger partial charge in [-0.1, -0.05) is 19.4 Å². The summed E-state index contributed by atoms with van der Waals surface area (Å²) in [4.78, 5) is 16.9. The summed E-state index contributed by atoms with van der Waals surface area (Å²) in [6.45, 7) is 9.71. The molecule has 0 heterocycles. The Labute approximate surface area is 187 Å². The first-order valence-corrected chi connectivity index (χ1v) is 10.5. The third-order valence-corrected chi connectivity index (χ3v) is 5.29. The van der Waals surface area contributed by atoms with Crippen molar-refractivity contribution in [1.82, 2.24) is 4.90 Å². The Balaban J connectivity index is 2.26. The number of methoxy groups -OCH3 is 1. The zero-order chi connectivity index (χ0) is 23.8. The number of rotatable bonds is 10. The number of benzene rings is 1. The summed E-state index contributed by atoms with van der Waals surface area (Å²) >= 11 is 0. The fourth-order valence-corrected chi connectivity index (χ4v) is 3.60. The number of hydrogen-bond acceptors (Lipinski definition) is 4. The highest BCUT2D eigenvalue weighted by molar-refractivity contribution is 5.94. The van der Waals surface area contributed by atoms with E-state index in [1.807, 2.05) is 19.9 Å². The minimum Gasteiger partial charge on any atom is -0.490 e. The minimum absolute atomic E-state index is 0.0737. The molecule has 0 saturated carbocycles. The van der Waals surface area contributed by atoms with Crippen molar-refractivity contribution < 1.29 is 22.7 Å². The number of amides is 1. The van der Waals surface area contributed by atoms with Gasteiger partial charge >= 0.3 is 5.91 Å². The van der Waals surface area contributed by atoms with Crippen LogP contribution in [0.4, 0.5) is 18.9 Å². The second kappa shape index (κ2) is 11.5. The third-order valence-electron chi connectivity index (χ3n) is 5.29. The molecule has 5 nitrogen and oxygen atoms in total. The predicted octanol–water partition coefficient (Wildman–Crippen LogP) is 5.67. The van der Waals surface area contributed by atoms with E-state index < -0.39 is 29.3 Å². The fourth-order valence-electron chi connectivity index (χ4n) is 3.60. The van der Waals surface area contributed by atoms with Gasteiger partial charge in [0.25, 0.3) is 0 Å². The Bertz CT molecular complexity index is 954. The number of halogens is 3. The summed E-state index contributed by atoms with van der Waals surface area (Å²) in [7, 11) is 1.32. The van der Waals surface area contributed by atoms with E-state index in [0.29, 0.717) is 0 Å². The summed E-state index contributed by atoms with van der Waals surface area (Å²) in [5.41, 5.74) is 4.39. The summed E-state index contributed by atoms with van der Waals surface area (Å²) in [5, 5.41) is 3.30. The summed E-state index contributed by atoms with van der Waals surface area (Å²) in [6, 6.07) is 4.18. The molecule has 1 unspecified atom stereocenters. The number of hydrogen-bond donors (Lipinski definition) is 1. The van der Waals surface area contributed by atoms with Gasteiger partial charge in [0.2, 0.25) is 5.76 Å². The van der Waals surface area contributed by atoms with Gasteiger partial charge in [-0.25, -0.2) is 18.2 Å². The van der Waals surface area contributed by atoms with Crippen LogP contribution < -0.4 is 5.32 Å². The Morgan fingerprint density at radius 2 is 2.03 bits per heavy atom. The van der Waals surface area contributed by atoms with Crippen molar-refractivity contribution in [2.75, 3.05) is 25.6 Å². The molecule has 0 bridgehead atoms. The number of nitrogens with one attached hydrogen (secondary N) is 1. The highest BCUT2D eigenvalue weighted by Crippen LogP contribution is 2.32. The van der Waals surface area contributed by atoms with E-state index in [0.717, 1.165) is 35.7 Å². The summed E-state index contributed by atoms with van der Waals surface area (Å²) in [6.07, 6.45) is 4.23. The van der Waals surface area contributed by atoms with Gasteiger partial charge in [0.05, 0.1) is 13.8 Å². The largest absolute Gasteiger partial charge is 0.490 e. The van der Waals surface area contributed by atoms with Crippen molar-refractivity contribution in [3.8, 4) is 0 Å². The predicted molar refractivity (Wildman–Crippen MR) is 121 cm³/mol. The molecular formula is C24H30F3N3O2. The van der Waals surface area contributed by atoms with E-state index in [1.54, 1.807) is 4.90 Å². The molecule has 174 valence electrons. The maximum Gasteiger partial charge on any atom is 0.312 e. The molecule has 0 saturated heterocycles. The van der Waals surface area contributed by atoms with Gasteiger partial charge in [-0.05, 0) is 55.8 Å². The van der Waals surface area contributed by atoms with Gasteiger partial charge < -0.3 is 15.0 Å². The second-order valence-corrected chi connectivity index (χ2v) is 7.81. The topological polar surface area (TPSA) is 53.9 Å². The molecule has 1 atom stereocenters. The molecule has 1 aromatic carbocycles. The van der Waals surface area contributed by atoms with E-state index >= 15 is 0 Å². The first-order chi connectivity index (χ1) is 15.2. The number of aryl methyl sites for hydroxylation is 3. The number of anilines is 1. The molecule has 0 aromatic heterocycles. The molecule has 1 aromatic rings. The molecule has 2 rings (SSSR count). The molecule has 0 radical (unpaired) electrons. The lowest BCUT2D eigenvalue weighted by atomic mass is 9.98. The van der Waals surface area contributed by atoms with Crippen LogP contribution in [0.25, 0.3) is 0 Å². The van der Waals surface area contributed by atoms with Gasteiger partial charge in [0.1, 0.15) is 5.83 Å². The Morgan fingerprint density at radius 1 is 1.31 bits per heavy atom. The lowest BCUT2D eigenvalue weighted by Crippen LogP contribution is -2.31. The van der Waals surface area contributed by atoms with Crippen LogP contribution in [-0.2, 0) is 16.0 Å². The fraction of sp³-hybridized carbons (Fsp3) is 0.417. The van der Waals surface area contributed by atoms with Crippen LogP contribution in [0.3, 0.4) is 0 Å². The molecule has 32 heavy (non-hydrogen) atoms. The third kappa shape index (κ3) is 6.48. The van der Waals surface area contributed by atoms with Gasteiger partial charge in [0, 0.05) is 30.8 Å². The number of ether oxygens (including phenoxy) is 1. The Hall–Kier alpha value is -3.03. The first-order valence-electron chi connectivity index (χ1n) is 10.5. The summed E-state index contributed by atoms with van der Waals surface area (Å²) in [5.74, 6) is -5.17. The monoisotopic (exact) mass is 449 g/mol. The lowest BCUT2D eigenvalue weighted by molar-refractivity contribution is -0.117. The second-order valence-electron chi connectivity index (χ2n) is 7.81. The number of aliphatic imine (C=N–C) groups is 1. The maximum atomic E-state index is 13.8. The SMILES string of the molecule is C=NC(=O)/C(=C\N(CNc1cc(C)c(CCC)cc1C)CC1C=C(F)C(F)=C(F)C1)OC. The molecule has 1 aliphatic rings. The molecule has 0 aliphatic heterocycles. The standard InChI is InChI=1S/C24H30F3N3O2/c1-6-7-18-8-16(3)21(9-15(18)2)29-14-30(13-22(32-5)24(31)28-4)12-17-10-19(25)23(27)20(26)11-17/h8-10,13,17,29H,4,6-7,11-12,14H2,1-3,5H3/b22-13+. The van der Waals surface area contributed by atoms with E-state index in [9.17, 15) is 18.0 Å². The highest BCUT2D eigenvalue weighted by atomic mass is 19.2. The van der Waals surface area contributed by atoms with Crippen molar-refractivity contribution in [3.63, 3.8) is 0 Å². The molecule has 1 amide bonds. The molecule has 0 fully saturated rings. The van der Waals surface area contributed by atoms with Crippen LogP contribution in [0.2, 0.25) is 0 Å². The van der Waals surface area contributed by atoms with E-state index in [1.165, 1.54) is 18.9 Å². The number of carbonyl (C=O) groups is 1. The smallest absolute Gasteiger partial charge is 0.312 e. The minimum atomic E-state index is -1.46. The lowest BCUT2D eigenvalue weighted by Gasteiger charge is -2.27. The first kappa shape index (κ1) is 25.2. The Kier molecular flexibility index (Phi) is 9.11. The number of allylic oxidation sites excluding steroid dienone is 3. The highest BCUT2D eigenvalue weighted by Gasteiger charge is 2.25. The zero-order valence-electron chi connectivity index (χ0n) is 19.0. The number of nitrogens with zero attached hydrogens (tertiary/aromatic N) is 2. The van der Waals surface area contributed by atoms with Gasteiger partial charge in [-0.2, -0.15) is 0 Å². The quantitative estimate of drug-likeness (QED) is 0.217. The van der Waals surface area contributed by atoms with Crippen molar-refractivity contribution >= 4 is 18.3 Å². The average Bonchev–Trinajstić information content (AvgIpc) is 2.76. The normalized spacial score (nSPS) is 16.5. The van der Waals surface area contributed by atoms with Crippen LogP contribution in [0.1, 0.15) is 36.5 Å². The maximum absolute atomic E-state index is 13.8. The molecule has 8 heteroatoms. The Morgan fingerprint density at radius 3 is 2.62 bits per heavy atom. The average molecular weight is 450 g/mol. The zero-order valence-corrected chi connectivity index (χ0v) is 19.0. The van der Waals surface area contributed by atoms with Crippen molar-refractivity contribution in [2.24, 2.45) is 10.9 Å². The molecule has 0 spiro atoms. The van der Waals surface area contributed by atoms with Crippen LogP contribution in [0, 0.1) is 19.8 Å². The van der Waals surface area contributed by atoms with Gasteiger partial charge in [0.15, 0.2) is 11.7 Å². The van der Waals surface area contributed by atoms with Gasteiger partial charge in [-0.3, -0.25) is 4.79 Å². The molecular weight excluding hydrogens is 419 g/mol. The van der Waals surface area contributed by atoms with E-state index in [4.69, 9.17) is 4.74 Å². The molecule has 1 N–H and O–H groups in total. The van der Waals surface area contributed by atoms with E-state index in [2.05, 4.69) is 30.0 Å². The van der Waals surface area contributed by atoms with Crippen molar-refractivity contribution in [3.05, 3.63) is 64.3 Å². The van der Waals surface area contributed by atoms with Gasteiger partial charge in [-0.15, -0.1) is 0 Å². The summed E-state index contributed by atoms with van der Waals surface area (Å²) < 4.78 is 46.0.